The van der Waals surface area contributed by atoms with E-state index in [2.05, 4.69) is 15.0 Å². The Hall–Kier alpha value is -1.21. The highest BCUT2D eigenvalue weighted by Gasteiger charge is 2.12. The van der Waals surface area contributed by atoms with E-state index in [9.17, 15) is 12.8 Å². The fourth-order valence-electron chi connectivity index (χ4n) is 1.18. The number of nitrogens with one attached hydrogen (secondary N) is 2. The summed E-state index contributed by atoms with van der Waals surface area (Å²) in [6.07, 6.45) is 3.23. The molecule has 0 fully saturated rings. The number of nitrogens with zero attached hydrogens (tertiary/aromatic N) is 1. The Morgan fingerprint density at radius 2 is 2.18 bits per heavy atom. The maximum Gasteiger partial charge on any atom is 0.234 e. The second-order valence-electron chi connectivity index (χ2n) is 3.53. The second-order valence-corrected chi connectivity index (χ2v) is 5.37. The average molecular weight is 261 g/mol. The van der Waals surface area contributed by atoms with Crippen LogP contribution in [0.2, 0.25) is 0 Å². The Morgan fingerprint density at radius 3 is 2.82 bits per heavy atom. The lowest BCUT2D eigenvalue weighted by molar-refractivity contribution is 0.592. The molecule has 1 aromatic heterocycles. The zero-order valence-corrected chi connectivity index (χ0v) is 10.4. The number of rotatable bonds is 7. The molecule has 17 heavy (non-hydrogen) atoms. The maximum atomic E-state index is 13.2. The first-order valence-electron chi connectivity index (χ1n) is 5.36. The molecule has 0 saturated heterocycles. The maximum absolute atomic E-state index is 13.2. The second kappa shape index (κ2) is 6.51. The lowest BCUT2D eigenvalue weighted by atomic mass is 10.4. The van der Waals surface area contributed by atoms with E-state index in [0.29, 0.717) is 6.54 Å². The van der Waals surface area contributed by atoms with Gasteiger partial charge in [0.05, 0.1) is 17.6 Å². The average Bonchev–Trinajstić information content (AvgIpc) is 2.28. The van der Waals surface area contributed by atoms with Crippen LogP contribution in [0.15, 0.2) is 18.5 Å². The van der Waals surface area contributed by atoms with E-state index >= 15 is 0 Å². The number of hydrogen-bond acceptors (Lipinski definition) is 4. The minimum Gasteiger partial charge on any atom is -0.316 e. The van der Waals surface area contributed by atoms with Gasteiger partial charge in [0, 0.05) is 12.7 Å². The van der Waals surface area contributed by atoms with Crippen LogP contribution < -0.4 is 10.0 Å². The first-order valence-corrected chi connectivity index (χ1v) is 7.01. The van der Waals surface area contributed by atoms with E-state index in [1.54, 1.807) is 0 Å². The SMILES string of the molecule is CCCNCCS(=O)(=O)Nc1ccncc1F. The fraction of sp³-hybridized carbons (Fsp3) is 0.500. The van der Waals surface area contributed by atoms with Crippen LogP contribution in [0.4, 0.5) is 10.1 Å². The third kappa shape index (κ3) is 5.10. The predicted octanol–water partition coefficient (Wildman–Crippen LogP) is 0.962. The van der Waals surface area contributed by atoms with Crippen LogP contribution in [0.1, 0.15) is 13.3 Å². The first-order chi connectivity index (χ1) is 8.05. The highest BCUT2D eigenvalue weighted by molar-refractivity contribution is 7.92. The molecule has 0 radical (unpaired) electrons. The largest absolute Gasteiger partial charge is 0.316 e. The van der Waals surface area contributed by atoms with Crippen molar-refractivity contribution in [2.24, 2.45) is 0 Å². The number of anilines is 1. The Kier molecular flexibility index (Phi) is 5.30. The van der Waals surface area contributed by atoms with Gasteiger partial charge in [0.25, 0.3) is 0 Å². The molecule has 1 rings (SSSR count). The van der Waals surface area contributed by atoms with Crippen molar-refractivity contribution in [3.8, 4) is 0 Å². The van der Waals surface area contributed by atoms with Crippen molar-refractivity contribution in [3.05, 3.63) is 24.3 Å². The minimum absolute atomic E-state index is 0.0736. The van der Waals surface area contributed by atoms with Gasteiger partial charge >= 0.3 is 0 Å². The molecule has 0 amide bonds. The molecule has 1 heterocycles. The van der Waals surface area contributed by atoms with E-state index in [4.69, 9.17) is 0 Å². The number of hydrogen-bond donors (Lipinski definition) is 2. The molecule has 0 saturated carbocycles. The molecule has 5 nitrogen and oxygen atoms in total. The summed E-state index contributed by atoms with van der Waals surface area (Å²) < 4.78 is 38.5. The van der Waals surface area contributed by atoms with Crippen molar-refractivity contribution in [1.29, 1.82) is 0 Å². The Morgan fingerprint density at radius 1 is 1.41 bits per heavy atom. The number of pyridine rings is 1. The van der Waals surface area contributed by atoms with Crippen molar-refractivity contribution in [2.75, 3.05) is 23.6 Å². The number of halogens is 1. The Bertz CT molecular complexity index is 451. The third-order valence-electron chi connectivity index (χ3n) is 2.01. The van der Waals surface area contributed by atoms with Crippen LogP contribution >= 0.6 is 0 Å². The zero-order chi connectivity index (χ0) is 12.7. The molecule has 0 unspecified atom stereocenters. The fourth-order valence-corrected chi connectivity index (χ4v) is 2.20. The molecule has 7 heteroatoms. The van der Waals surface area contributed by atoms with Gasteiger partial charge in [-0.15, -0.1) is 0 Å². The van der Waals surface area contributed by atoms with Gasteiger partial charge in [-0.1, -0.05) is 6.92 Å². The van der Waals surface area contributed by atoms with Crippen molar-refractivity contribution in [3.63, 3.8) is 0 Å². The van der Waals surface area contributed by atoms with Crippen molar-refractivity contribution >= 4 is 15.7 Å². The number of aromatic nitrogens is 1. The molecule has 0 aromatic carbocycles. The Labute approximate surface area is 101 Å². The van der Waals surface area contributed by atoms with Crippen molar-refractivity contribution in [1.82, 2.24) is 10.3 Å². The molecule has 0 atom stereocenters. The van der Waals surface area contributed by atoms with E-state index in [0.717, 1.165) is 19.2 Å². The highest BCUT2D eigenvalue weighted by Crippen LogP contribution is 2.12. The smallest absolute Gasteiger partial charge is 0.234 e. The van der Waals surface area contributed by atoms with Gasteiger partial charge in [0.1, 0.15) is 0 Å². The van der Waals surface area contributed by atoms with Gasteiger partial charge in [-0.2, -0.15) is 0 Å². The van der Waals surface area contributed by atoms with Gasteiger partial charge < -0.3 is 5.32 Å². The predicted molar refractivity (Wildman–Crippen MR) is 64.8 cm³/mol. The molecule has 0 aliphatic carbocycles. The summed E-state index contributed by atoms with van der Waals surface area (Å²) in [6.45, 7) is 3.10. The molecule has 0 aliphatic heterocycles. The van der Waals surface area contributed by atoms with E-state index in [1.165, 1.54) is 12.3 Å². The van der Waals surface area contributed by atoms with Crippen LogP contribution in [-0.2, 0) is 10.0 Å². The van der Waals surface area contributed by atoms with Gasteiger partial charge in [0.15, 0.2) is 5.82 Å². The summed E-state index contributed by atoms with van der Waals surface area (Å²) >= 11 is 0. The van der Waals surface area contributed by atoms with Crippen LogP contribution in [0.3, 0.4) is 0 Å². The molecule has 0 bridgehead atoms. The third-order valence-corrected chi connectivity index (χ3v) is 3.28. The zero-order valence-electron chi connectivity index (χ0n) is 9.61. The molecule has 1 aromatic rings. The molecular weight excluding hydrogens is 245 g/mol. The summed E-state index contributed by atoms with van der Waals surface area (Å²) in [5.74, 6) is -0.771. The summed E-state index contributed by atoms with van der Waals surface area (Å²) in [7, 11) is -3.52. The molecule has 0 aliphatic rings. The molecule has 0 spiro atoms. The summed E-state index contributed by atoms with van der Waals surface area (Å²) in [5, 5.41) is 2.97. The van der Waals surface area contributed by atoms with Gasteiger partial charge in [-0.25, -0.2) is 12.8 Å². The summed E-state index contributed by atoms with van der Waals surface area (Å²) in [6, 6.07) is 1.28. The van der Waals surface area contributed by atoms with E-state index in [-0.39, 0.29) is 11.4 Å². The quantitative estimate of drug-likeness (QED) is 0.717. The van der Waals surface area contributed by atoms with Crippen LogP contribution in [-0.4, -0.2) is 32.2 Å². The van der Waals surface area contributed by atoms with Crippen LogP contribution in [0, 0.1) is 5.82 Å². The topological polar surface area (TPSA) is 71.1 Å². The highest BCUT2D eigenvalue weighted by atomic mass is 32.2. The molecule has 96 valence electrons. The normalized spacial score (nSPS) is 11.4. The molecule has 2 N–H and O–H groups in total. The van der Waals surface area contributed by atoms with Gasteiger partial charge in [-0.3, -0.25) is 9.71 Å². The lowest BCUT2D eigenvalue weighted by Gasteiger charge is -2.08. The minimum atomic E-state index is -3.52. The van der Waals surface area contributed by atoms with Crippen LogP contribution in [0.5, 0.6) is 0 Å². The van der Waals surface area contributed by atoms with Gasteiger partial charge in [-0.05, 0) is 19.0 Å². The van der Waals surface area contributed by atoms with Crippen LogP contribution in [0.25, 0.3) is 0 Å². The lowest BCUT2D eigenvalue weighted by Crippen LogP contribution is -2.27. The molecular formula is C10H16FN3O2S. The van der Waals surface area contributed by atoms with Crippen molar-refractivity contribution < 1.29 is 12.8 Å². The standard InChI is InChI=1S/C10H16FN3O2S/c1-2-4-12-6-7-17(15,16)14-10-3-5-13-8-9(10)11/h3,5,8,12H,2,4,6-7H2,1H3,(H,13,14). The summed E-state index contributed by atoms with van der Waals surface area (Å²) in [5.41, 5.74) is -0.0736. The van der Waals surface area contributed by atoms with E-state index in [1.807, 2.05) is 6.92 Å². The summed E-state index contributed by atoms with van der Waals surface area (Å²) in [4.78, 5) is 3.54. The van der Waals surface area contributed by atoms with E-state index < -0.39 is 15.8 Å². The number of sulfonamides is 1. The van der Waals surface area contributed by atoms with Gasteiger partial charge in [0.2, 0.25) is 10.0 Å². The Balaban J connectivity index is 2.52. The first kappa shape index (κ1) is 13.9. The van der Waals surface area contributed by atoms with Crippen molar-refractivity contribution in [2.45, 2.75) is 13.3 Å². The monoisotopic (exact) mass is 261 g/mol.